The van der Waals surface area contributed by atoms with Crippen LogP contribution in [0.1, 0.15) is 67.7 Å². The number of nitrogens with zero attached hydrogens (tertiary/aromatic N) is 6. The standard InChI is InChI=1S/C30H56N6O4/c1-22(2)31(8)27(37)35-17-26(40-30(20-35)11-13-33(19-30)24(5)6)16-25(7)34-12-10-29(18-34)21-39-15-14-36(29)28(38)32(9)23(3)4/h22-26H,10-21H2,1-9H3. The highest BCUT2D eigenvalue weighted by atomic mass is 16.5. The molecule has 0 N–H and O–H groups in total. The van der Waals surface area contributed by atoms with Gasteiger partial charge >= 0.3 is 12.1 Å². The van der Waals surface area contributed by atoms with Gasteiger partial charge in [0.25, 0.3) is 0 Å². The number of hydrogen-bond acceptors (Lipinski definition) is 6. The minimum Gasteiger partial charge on any atom is -0.377 e. The van der Waals surface area contributed by atoms with E-state index in [-0.39, 0.29) is 47.4 Å². The van der Waals surface area contributed by atoms with Crippen LogP contribution in [0.3, 0.4) is 0 Å². The van der Waals surface area contributed by atoms with Crippen molar-refractivity contribution in [1.29, 1.82) is 0 Å². The molecule has 0 bridgehead atoms. The van der Waals surface area contributed by atoms with Crippen LogP contribution in [0.2, 0.25) is 0 Å². The highest BCUT2D eigenvalue weighted by Gasteiger charge is 2.51. The smallest absolute Gasteiger partial charge is 0.320 e. The van der Waals surface area contributed by atoms with E-state index in [1.165, 1.54) is 0 Å². The summed E-state index contributed by atoms with van der Waals surface area (Å²) in [5, 5.41) is 0. The van der Waals surface area contributed by atoms with Gasteiger partial charge in [0.1, 0.15) is 5.60 Å². The molecule has 4 heterocycles. The molecular weight excluding hydrogens is 508 g/mol. The van der Waals surface area contributed by atoms with E-state index in [0.717, 1.165) is 45.4 Å². The largest absolute Gasteiger partial charge is 0.377 e. The van der Waals surface area contributed by atoms with Gasteiger partial charge in [-0.15, -0.1) is 0 Å². The van der Waals surface area contributed by atoms with Crippen LogP contribution in [0.15, 0.2) is 0 Å². The van der Waals surface area contributed by atoms with Crippen molar-refractivity contribution in [3.8, 4) is 0 Å². The average Bonchev–Trinajstić information content (AvgIpc) is 3.52. The number of urea groups is 2. The molecule has 10 nitrogen and oxygen atoms in total. The first-order valence-electron chi connectivity index (χ1n) is 15.6. The number of rotatable bonds is 6. The zero-order valence-electron chi connectivity index (χ0n) is 26.7. The van der Waals surface area contributed by atoms with Crippen molar-refractivity contribution < 1.29 is 19.1 Å². The molecule has 4 aliphatic heterocycles. The Balaban J connectivity index is 1.46. The summed E-state index contributed by atoms with van der Waals surface area (Å²) in [4.78, 5) is 39.7. The number of carbonyl (C=O) groups is 2. The maximum Gasteiger partial charge on any atom is 0.320 e. The van der Waals surface area contributed by atoms with Gasteiger partial charge in [-0.1, -0.05) is 0 Å². The van der Waals surface area contributed by atoms with E-state index in [4.69, 9.17) is 9.47 Å². The van der Waals surface area contributed by atoms with Crippen LogP contribution in [0.5, 0.6) is 0 Å². The van der Waals surface area contributed by atoms with E-state index in [9.17, 15) is 9.59 Å². The molecule has 4 fully saturated rings. The van der Waals surface area contributed by atoms with Crippen molar-refractivity contribution in [2.45, 2.75) is 109 Å². The zero-order chi connectivity index (χ0) is 29.4. The predicted molar refractivity (Wildman–Crippen MR) is 158 cm³/mol. The van der Waals surface area contributed by atoms with E-state index in [0.29, 0.717) is 38.9 Å². The van der Waals surface area contributed by atoms with Crippen LogP contribution in [-0.2, 0) is 9.47 Å². The van der Waals surface area contributed by atoms with Crippen LogP contribution < -0.4 is 0 Å². The molecule has 4 atom stereocenters. The molecule has 4 amide bonds. The molecule has 230 valence electrons. The van der Waals surface area contributed by atoms with E-state index in [1.807, 2.05) is 28.8 Å². The monoisotopic (exact) mass is 564 g/mol. The summed E-state index contributed by atoms with van der Waals surface area (Å²) in [5.41, 5.74) is -0.596. The lowest BCUT2D eigenvalue weighted by atomic mass is 9.95. The Morgan fingerprint density at radius 3 is 2.12 bits per heavy atom. The van der Waals surface area contributed by atoms with Crippen LogP contribution in [0, 0.1) is 0 Å². The number of hydrogen-bond donors (Lipinski definition) is 0. The van der Waals surface area contributed by atoms with Gasteiger partial charge in [0, 0.05) is 77.5 Å². The molecule has 10 heteroatoms. The Morgan fingerprint density at radius 1 is 0.850 bits per heavy atom. The summed E-state index contributed by atoms with van der Waals surface area (Å²) in [6.07, 6.45) is 2.70. The van der Waals surface area contributed by atoms with Crippen LogP contribution in [0.4, 0.5) is 9.59 Å². The highest BCUT2D eigenvalue weighted by molar-refractivity contribution is 5.76. The summed E-state index contributed by atoms with van der Waals surface area (Å²) in [7, 11) is 3.80. The van der Waals surface area contributed by atoms with Crippen molar-refractivity contribution in [2.75, 3.05) is 73.1 Å². The number of ether oxygens (including phenoxy) is 2. The van der Waals surface area contributed by atoms with Gasteiger partial charge in [-0.2, -0.15) is 0 Å². The summed E-state index contributed by atoms with van der Waals surface area (Å²) in [5.74, 6) is 0. The van der Waals surface area contributed by atoms with Gasteiger partial charge < -0.3 is 29.1 Å². The van der Waals surface area contributed by atoms with Crippen molar-refractivity contribution in [2.24, 2.45) is 0 Å². The molecule has 0 aliphatic carbocycles. The van der Waals surface area contributed by atoms with Crippen molar-refractivity contribution >= 4 is 12.1 Å². The fraction of sp³-hybridized carbons (Fsp3) is 0.933. The lowest BCUT2D eigenvalue weighted by molar-refractivity contribution is -0.146. The normalized spacial score (nSPS) is 30.9. The Bertz CT molecular complexity index is 901. The van der Waals surface area contributed by atoms with Gasteiger partial charge in [-0.25, -0.2) is 9.59 Å². The van der Waals surface area contributed by atoms with Gasteiger partial charge in [0.2, 0.25) is 0 Å². The fourth-order valence-corrected chi connectivity index (χ4v) is 6.91. The maximum atomic E-state index is 13.5. The van der Waals surface area contributed by atoms with Crippen molar-refractivity contribution in [3.05, 3.63) is 0 Å². The first-order valence-corrected chi connectivity index (χ1v) is 15.6. The first kappa shape index (κ1) is 31.3. The molecule has 4 rings (SSSR count). The molecular formula is C30H56N6O4. The molecule has 4 saturated heterocycles. The van der Waals surface area contributed by atoms with E-state index >= 15 is 0 Å². The molecule has 0 saturated carbocycles. The summed E-state index contributed by atoms with van der Waals surface area (Å²) in [6.45, 7) is 21.7. The maximum absolute atomic E-state index is 13.5. The van der Waals surface area contributed by atoms with Crippen LogP contribution in [-0.4, -0.2) is 156 Å². The Morgan fingerprint density at radius 2 is 1.50 bits per heavy atom. The van der Waals surface area contributed by atoms with Crippen molar-refractivity contribution in [1.82, 2.24) is 29.4 Å². The number of likely N-dealkylation sites (tertiary alicyclic amines) is 2. The summed E-state index contributed by atoms with van der Waals surface area (Å²) < 4.78 is 12.9. The second kappa shape index (κ2) is 12.3. The molecule has 4 aliphatic rings. The third-order valence-corrected chi connectivity index (χ3v) is 10.0. The molecule has 40 heavy (non-hydrogen) atoms. The van der Waals surface area contributed by atoms with Crippen LogP contribution in [0.25, 0.3) is 0 Å². The van der Waals surface area contributed by atoms with Gasteiger partial charge in [0.05, 0.1) is 31.4 Å². The minimum atomic E-state index is -0.311. The summed E-state index contributed by atoms with van der Waals surface area (Å²) in [6, 6.07) is 1.23. The Kier molecular flexibility index (Phi) is 9.64. The lowest BCUT2D eigenvalue weighted by Crippen LogP contribution is -2.63. The van der Waals surface area contributed by atoms with Crippen molar-refractivity contribution in [3.63, 3.8) is 0 Å². The zero-order valence-corrected chi connectivity index (χ0v) is 26.7. The Hall–Kier alpha value is -1.62. The SMILES string of the molecule is CC(C)N1CCC2(CN(C(=O)N(C)C(C)C)CC(CC(C)N3CCC4(COCCN4C(=O)N(C)C(C)C)C3)O2)C1. The third kappa shape index (κ3) is 6.40. The predicted octanol–water partition coefficient (Wildman–Crippen LogP) is 3.02. The van der Waals surface area contributed by atoms with E-state index in [2.05, 4.69) is 63.2 Å². The first-order chi connectivity index (χ1) is 18.8. The van der Waals surface area contributed by atoms with Crippen LogP contribution >= 0.6 is 0 Å². The van der Waals surface area contributed by atoms with E-state index < -0.39 is 0 Å². The quantitative estimate of drug-likeness (QED) is 0.494. The molecule has 2 spiro atoms. The average molecular weight is 565 g/mol. The third-order valence-electron chi connectivity index (χ3n) is 10.0. The number of carbonyl (C=O) groups excluding carboxylic acids is 2. The number of morpholine rings is 2. The second-order valence-corrected chi connectivity index (χ2v) is 13.8. The number of amides is 4. The molecule has 4 unspecified atom stereocenters. The fourth-order valence-electron chi connectivity index (χ4n) is 6.91. The second-order valence-electron chi connectivity index (χ2n) is 13.8. The van der Waals surface area contributed by atoms with E-state index in [1.54, 1.807) is 0 Å². The molecule has 0 aromatic carbocycles. The highest BCUT2D eigenvalue weighted by Crippen LogP contribution is 2.37. The minimum absolute atomic E-state index is 0.0238. The molecule has 0 aromatic rings. The lowest BCUT2D eigenvalue weighted by Gasteiger charge is -2.47. The Labute approximate surface area is 242 Å². The summed E-state index contributed by atoms with van der Waals surface area (Å²) >= 11 is 0. The molecule has 0 radical (unpaired) electrons. The molecule has 0 aromatic heterocycles. The van der Waals surface area contributed by atoms with Gasteiger partial charge in [-0.3, -0.25) is 9.80 Å². The van der Waals surface area contributed by atoms with Gasteiger partial charge in [0.15, 0.2) is 0 Å². The van der Waals surface area contributed by atoms with Gasteiger partial charge in [-0.05, 0) is 67.7 Å². The topological polar surface area (TPSA) is 72.0 Å².